The van der Waals surface area contributed by atoms with Crippen molar-refractivity contribution in [1.82, 2.24) is 5.32 Å². The van der Waals surface area contributed by atoms with E-state index >= 15 is 0 Å². The Bertz CT molecular complexity index is 421. The van der Waals surface area contributed by atoms with Crippen LogP contribution >= 0.6 is 0 Å². The summed E-state index contributed by atoms with van der Waals surface area (Å²) in [5, 5.41) is 3.56. The molecule has 0 spiro atoms. The zero-order chi connectivity index (χ0) is 13.5. The lowest BCUT2D eigenvalue weighted by Gasteiger charge is -2.11. The predicted molar refractivity (Wildman–Crippen MR) is 78.8 cm³/mol. The van der Waals surface area contributed by atoms with Crippen LogP contribution in [0.15, 0.2) is 24.3 Å². The number of nitrogens with one attached hydrogen (secondary N) is 1. The molecule has 1 heterocycles. The molecule has 3 nitrogen and oxygen atoms in total. The van der Waals surface area contributed by atoms with E-state index in [2.05, 4.69) is 23.5 Å². The fraction of sp³-hybridized carbons (Fsp3) is 0.500. The molecule has 104 valence electrons. The summed E-state index contributed by atoms with van der Waals surface area (Å²) in [6.07, 6.45) is 9.59. The first-order valence-electron chi connectivity index (χ1n) is 6.97. The Morgan fingerprint density at radius 2 is 1.95 bits per heavy atom. The standard InChI is InChI=1S/C16H23NO2/c1-18-15-10-8-13(12-16(15)19-2)7-9-14-6-4-3-5-11-17-14/h7-10,12,14,17H,3-6,11H2,1-2H3/b9-7+. The maximum Gasteiger partial charge on any atom is 0.161 e. The molecule has 19 heavy (non-hydrogen) atoms. The second-order valence-corrected chi connectivity index (χ2v) is 4.88. The third kappa shape index (κ3) is 4.00. The zero-order valence-electron chi connectivity index (χ0n) is 11.8. The second-order valence-electron chi connectivity index (χ2n) is 4.88. The molecule has 0 amide bonds. The normalized spacial score (nSPS) is 20.2. The summed E-state index contributed by atoms with van der Waals surface area (Å²) < 4.78 is 10.6. The molecule has 1 aromatic carbocycles. The van der Waals surface area contributed by atoms with Crippen LogP contribution in [-0.4, -0.2) is 26.8 Å². The molecule has 0 aliphatic carbocycles. The molecular formula is C16H23NO2. The summed E-state index contributed by atoms with van der Waals surface area (Å²) in [7, 11) is 3.32. The third-order valence-corrected chi connectivity index (χ3v) is 3.53. The van der Waals surface area contributed by atoms with Crippen molar-refractivity contribution in [2.24, 2.45) is 0 Å². The molecule has 1 unspecified atom stereocenters. The van der Waals surface area contributed by atoms with Crippen molar-refractivity contribution in [2.75, 3.05) is 20.8 Å². The van der Waals surface area contributed by atoms with E-state index in [0.717, 1.165) is 23.6 Å². The molecule has 1 saturated heterocycles. The Morgan fingerprint density at radius 3 is 2.74 bits per heavy atom. The highest BCUT2D eigenvalue weighted by atomic mass is 16.5. The fourth-order valence-electron chi connectivity index (χ4n) is 2.40. The van der Waals surface area contributed by atoms with Gasteiger partial charge in [-0.2, -0.15) is 0 Å². The Morgan fingerprint density at radius 1 is 1.11 bits per heavy atom. The molecule has 3 heteroatoms. The Labute approximate surface area is 115 Å². The van der Waals surface area contributed by atoms with Crippen LogP contribution in [0.4, 0.5) is 0 Å². The Balaban J connectivity index is 2.05. The van der Waals surface area contributed by atoms with Crippen LogP contribution in [0, 0.1) is 0 Å². The van der Waals surface area contributed by atoms with Crippen molar-refractivity contribution in [3.8, 4) is 11.5 Å². The highest BCUT2D eigenvalue weighted by Gasteiger charge is 2.08. The van der Waals surface area contributed by atoms with Crippen molar-refractivity contribution < 1.29 is 9.47 Å². The molecule has 0 bridgehead atoms. The van der Waals surface area contributed by atoms with E-state index in [9.17, 15) is 0 Å². The second kappa shape index (κ2) is 7.19. The lowest BCUT2D eigenvalue weighted by Crippen LogP contribution is -2.25. The molecule has 1 N–H and O–H groups in total. The molecule has 1 aliphatic heterocycles. The molecule has 1 fully saturated rings. The van der Waals surface area contributed by atoms with Crippen molar-refractivity contribution in [3.63, 3.8) is 0 Å². The lowest BCUT2D eigenvalue weighted by molar-refractivity contribution is 0.355. The van der Waals surface area contributed by atoms with Gasteiger partial charge >= 0.3 is 0 Å². The summed E-state index contributed by atoms with van der Waals surface area (Å²) in [6.45, 7) is 1.13. The van der Waals surface area contributed by atoms with Crippen LogP contribution in [0.3, 0.4) is 0 Å². The van der Waals surface area contributed by atoms with Gasteiger partial charge in [-0.15, -0.1) is 0 Å². The summed E-state index contributed by atoms with van der Waals surface area (Å²) >= 11 is 0. The van der Waals surface area contributed by atoms with Gasteiger partial charge < -0.3 is 14.8 Å². The maximum absolute atomic E-state index is 5.31. The molecule has 1 atom stereocenters. The van der Waals surface area contributed by atoms with Crippen LogP contribution in [0.25, 0.3) is 6.08 Å². The average Bonchev–Trinajstić information content (AvgIpc) is 2.73. The monoisotopic (exact) mass is 261 g/mol. The van der Waals surface area contributed by atoms with Gasteiger partial charge in [0.05, 0.1) is 14.2 Å². The first kappa shape index (κ1) is 13.9. The fourth-order valence-corrected chi connectivity index (χ4v) is 2.40. The SMILES string of the molecule is COc1ccc(/C=C/C2CCCCCN2)cc1OC. The molecule has 1 aliphatic rings. The van der Waals surface area contributed by atoms with Gasteiger partial charge in [-0.3, -0.25) is 0 Å². The van der Waals surface area contributed by atoms with Crippen LogP contribution in [-0.2, 0) is 0 Å². The van der Waals surface area contributed by atoms with Crippen molar-refractivity contribution in [3.05, 3.63) is 29.8 Å². The van der Waals surface area contributed by atoms with E-state index in [1.54, 1.807) is 14.2 Å². The summed E-state index contributed by atoms with van der Waals surface area (Å²) in [6, 6.07) is 6.50. The summed E-state index contributed by atoms with van der Waals surface area (Å²) in [5.41, 5.74) is 1.14. The number of rotatable bonds is 4. The van der Waals surface area contributed by atoms with E-state index in [4.69, 9.17) is 9.47 Å². The summed E-state index contributed by atoms with van der Waals surface area (Å²) in [4.78, 5) is 0. The molecule has 2 rings (SSSR count). The van der Waals surface area contributed by atoms with E-state index in [1.165, 1.54) is 25.7 Å². The quantitative estimate of drug-likeness (QED) is 0.902. The van der Waals surface area contributed by atoms with Gasteiger partial charge in [0.1, 0.15) is 0 Å². The van der Waals surface area contributed by atoms with E-state index in [-0.39, 0.29) is 0 Å². The highest BCUT2D eigenvalue weighted by molar-refractivity contribution is 5.56. The summed E-state index contributed by atoms with van der Waals surface area (Å²) in [5.74, 6) is 1.55. The first-order chi connectivity index (χ1) is 9.33. The van der Waals surface area contributed by atoms with Crippen LogP contribution in [0.1, 0.15) is 31.2 Å². The molecule has 0 saturated carbocycles. The zero-order valence-corrected chi connectivity index (χ0v) is 11.8. The van der Waals surface area contributed by atoms with E-state index in [1.807, 2.05) is 12.1 Å². The smallest absolute Gasteiger partial charge is 0.161 e. The predicted octanol–water partition coefficient (Wildman–Crippen LogP) is 3.25. The van der Waals surface area contributed by atoms with Gasteiger partial charge in [0, 0.05) is 6.04 Å². The first-order valence-corrected chi connectivity index (χ1v) is 6.97. The van der Waals surface area contributed by atoms with Crippen molar-refractivity contribution in [2.45, 2.75) is 31.7 Å². The highest BCUT2D eigenvalue weighted by Crippen LogP contribution is 2.28. The number of ether oxygens (including phenoxy) is 2. The minimum absolute atomic E-state index is 0.496. The minimum atomic E-state index is 0.496. The molecule has 1 aromatic rings. The van der Waals surface area contributed by atoms with Gasteiger partial charge in [-0.1, -0.05) is 31.1 Å². The van der Waals surface area contributed by atoms with Crippen LogP contribution in [0.2, 0.25) is 0 Å². The largest absolute Gasteiger partial charge is 0.493 e. The molecule has 0 aromatic heterocycles. The van der Waals surface area contributed by atoms with Gasteiger partial charge in [-0.25, -0.2) is 0 Å². The number of hydrogen-bond donors (Lipinski definition) is 1. The average molecular weight is 261 g/mol. The van der Waals surface area contributed by atoms with E-state index in [0.29, 0.717) is 6.04 Å². The van der Waals surface area contributed by atoms with Gasteiger partial charge in [0.25, 0.3) is 0 Å². The Hall–Kier alpha value is -1.48. The van der Waals surface area contributed by atoms with E-state index < -0.39 is 0 Å². The van der Waals surface area contributed by atoms with Crippen LogP contribution in [0.5, 0.6) is 11.5 Å². The Kier molecular flexibility index (Phi) is 5.28. The number of benzene rings is 1. The molecule has 0 radical (unpaired) electrons. The van der Waals surface area contributed by atoms with Gasteiger partial charge in [-0.05, 0) is 37.1 Å². The number of hydrogen-bond acceptors (Lipinski definition) is 3. The van der Waals surface area contributed by atoms with Crippen LogP contribution < -0.4 is 14.8 Å². The maximum atomic E-state index is 5.31. The third-order valence-electron chi connectivity index (χ3n) is 3.53. The van der Waals surface area contributed by atoms with Crippen molar-refractivity contribution in [1.29, 1.82) is 0 Å². The lowest BCUT2D eigenvalue weighted by atomic mass is 10.1. The minimum Gasteiger partial charge on any atom is -0.493 e. The van der Waals surface area contributed by atoms with Crippen molar-refractivity contribution >= 4 is 6.08 Å². The topological polar surface area (TPSA) is 30.5 Å². The molecular weight excluding hydrogens is 238 g/mol. The van der Waals surface area contributed by atoms with Gasteiger partial charge in [0.2, 0.25) is 0 Å². The number of methoxy groups -OCH3 is 2. The van der Waals surface area contributed by atoms with Gasteiger partial charge in [0.15, 0.2) is 11.5 Å².